The van der Waals surface area contributed by atoms with Crippen molar-refractivity contribution in [3.8, 4) is 0 Å². The van der Waals surface area contributed by atoms with Gasteiger partial charge in [0.15, 0.2) is 0 Å². The quantitative estimate of drug-likeness (QED) is 0.675. The molecule has 0 unspecified atom stereocenters. The highest BCUT2D eigenvalue weighted by Gasteiger charge is 2.01. The summed E-state index contributed by atoms with van der Waals surface area (Å²) in [5.74, 6) is 0. The lowest BCUT2D eigenvalue weighted by Gasteiger charge is -2.01. The summed E-state index contributed by atoms with van der Waals surface area (Å²) in [5.41, 5.74) is 0. The fraction of sp³-hybridized carbons (Fsp3) is 0.286. The van der Waals surface area contributed by atoms with Gasteiger partial charge < -0.3 is 9.84 Å². The number of carbonyl (C=O) groups excluding carboxylic acids is 1. The van der Waals surface area contributed by atoms with Crippen molar-refractivity contribution in [2.45, 2.75) is 0 Å². The summed E-state index contributed by atoms with van der Waals surface area (Å²) in [7, 11) is 0. The second-order valence-electron chi connectivity index (χ2n) is 1.93. The Morgan fingerprint density at radius 3 is 2.64 bits per heavy atom. The van der Waals surface area contributed by atoms with Gasteiger partial charge >= 0.3 is 6.09 Å². The van der Waals surface area contributed by atoms with E-state index in [0.29, 0.717) is 0 Å². The molecule has 0 saturated heterocycles. The average molecular weight is 155 g/mol. The van der Waals surface area contributed by atoms with Gasteiger partial charge in [-0.15, -0.1) is 0 Å². The first-order valence-corrected chi connectivity index (χ1v) is 3.25. The van der Waals surface area contributed by atoms with Gasteiger partial charge in [0.05, 0.1) is 6.61 Å². The lowest BCUT2D eigenvalue weighted by molar-refractivity contribution is 0.120. The molecule has 1 aromatic rings. The first-order chi connectivity index (χ1) is 5.34. The Hall–Kier alpha value is -1.29. The van der Waals surface area contributed by atoms with E-state index in [1.54, 1.807) is 24.5 Å². The lowest BCUT2D eigenvalue weighted by atomic mass is 10.7. The van der Waals surface area contributed by atoms with Crippen molar-refractivity contribution >= 4 is 6.09 Å². The molecule has 4 heteroatoms. The Labute approximate surface area is 64.0 Å². The van der Waals surface area contributed by atoms with Crippen LogP contribution in [0.25, 0.3) is 0 Å². The van der Waals surface area contributed by atoms with E-state index in [0.717, 1.165) is 0 Å². The standard InChI is InChI=1S/C7H9NO3/c9-5-6-11-7(10)8-3-1-2-4-8/h1-4,9H,5-6H2. The number of hydrogen-bond donors (Lipinski definition) is 1. The lowest BCUT2D eigenvalue weighted by Crippen LogP contribution is -2.13. The molecule has 0 spiro atoms. The number of aliphatic hydroxyl groups excluding tert-OH is 1. The van der Waals surface area contributed by atoms with Crippen LogP contribution in [0.4, 0.5) is 4.79 Å². The molecule has 0 aliphatic rings. The monoisotopic (exact) mass is 155 g/mol. The van der Waals surface area contributed by atoms with Crippen LogP contribution >= 0.6 is 0 Å². The zero-order valence-corrected chi connectivity index (χ0v) is 5.93. The number of rotatable bonds is 2. The predicted octanol–water partition coefficient (Wildman–Crippen LogP) is 0.465. The Kier molecular flexibility index (Phi) is 2.68. The Morgan fingerprint density at radius 1 is 1.45 bits per heavy atom. The first-order valence-electron chi connectivity index (χ1n) is 3.25. The molecule has 0 saturated carbocycles. The third-order valence-electron chi connectivity index (χ3n) is 1.13. The van der Waals surface area contributed by atoms with Gasteiger partial charge in [0.2, 0.25) is 0 Å². The molecule has 4 nitrogen and oxygen atoms in total. The highest BCUT2D eigenvalue weighted by atomic mass is 16.6. The Balaban J connectivity index is 2.43. The molecule has 1 heterocycles. The number of carbonyl (C=O) groups is 1. The van der Waals surface area contributed by atoms with Crippen LogP contribution in [-0.2, 0) is 4.74 Å². The van der Waals surface area contributed by atoms with Crippen LogP contribution in [0.5, 0.6) is 0 Å². The first kappa shape index (κ1) is 7.81. The number of nitrogens with zero attached hydrogens (tertiary/aromatic N) is 1. The van der Waals surface area contributed by atoms with Gasteiger partial charge in [-0.1, -0.05) is 0 Å². The van der Waals surface area contributed by atoms with Gasteiger partial charge in [0.1, 0.15) is 6.61 Å². The van der Waals surface area contributed by atoms with Gasteiger partial charge in [-0.2, -0.15) is 0 Å². The summed E-state index contributed by atoms with van der Waals surface area (Å²) < 4.78 is 5.91. The molecule has 0 atom stereocenters. The molecule has 60 valence electrons. The molecular formula is C7H9NO3. The van der Waals surface area contributed by atoms with E-state index < -0.39 is 6.09 Å². The summed E-state index contributed by atoms with van der Waals surface area (Å²) in [6, 6.07) is 3.44. The molecule has 0 fully saturated rings. The number of aliphatic hydroxyl groups is 1. The van der Waals surface area contributed by atoms with Crippen molar-refractivity contribution in [2.24, 2.45) is 0 Å². The van der Waals surface area contributed by atoms with Crippen molar-refractivity contribution in [3.05, 3.63) is 24.5 Å². The van der Waals surface area contributed by atoms with Gasteiger partial charge in [-0.25, -0.2) is 4.79 Å². The normalized spacial score (nSPS) is 9.55. The molecule has 0 bridgehead atoms. The highest BCUT2D eigenvalue weighted by Crippen LogP contribution is 1.91. The van der Waals surface area contributed by atoms with Gasteiger partial charge in [0.25, 0.3) is 0 Å². The summed E-state index contributed by atoms with van der Waals surface area (Å²) in [6.07, 6.45) is 2.70. The second-order valence-corrected chi connectivity index (χ2v) is 1.93. The molecule has 1 N–H and O–H groups in total. The smallest absolute Gasteiger partial charge is 0.418 e. The van der Waals surface area contributed by atoms with Crippen molar-refractivity contribution in [1.29, 1.82) is 0 Å². The number of ether oxygens (including phenoxy) is 1. The minimum Gasteiger partial charge on any atom is -0.446 e. The van der Waals surface area contributed by atoms with Crippen LogP contribution in [0.3, 0.4) is 0 Å². The van der Waals surface area contributed by atoms with Crippen LogP contribution in [0.2, 0.25) is 0 Å². The van der Waals surface area contributed by atoms with Crippen LogP contribution < -0.4 is 0 Å². The summed E-state index contributed by atoms with van der Waals surface area (Å²) in [5, 5.41) is 8.33. The summed E-state index contributed by atoms with van der Waals surface area (Å²) in [6.45, 7) is -0.107. The van der Waals surface area contributed by atoms with E-state index >= 15 is 0 Å². The van der Waals surface area contributed by atoms with E-state index in [9.17, 15) is 4.79 Å². The minimum absolute atomic E-state index is 0.0387. The van der Waals surface area contributed by atoms with Crippen molar-refractivity contribution < 1.29 is 14.6 Å². The number of hydrogen-bond acceptors (Lipinski definition) is 3. The third-order valence-corrected chi connectivity index (χ3v) is 1.13. The van der Waals surface area contributed by atoms with Crippen molar-refractivity contribution in [1.82, 2.24) is 4.57 Å². The molecule has 0 amide bonds. The predicted molar refractivity (Wildman–Crippen MR) is 38.3 cm³/mol. The SMILES string of the molecule is O=C(OCCO)n1cccc1. The van der Waals surface area contributed by atoms with Crippen molar-refractivity contribution in [2.75, 3.05) is 13.2 Å². The number of aromatic nitrogens is 1. The zero-order chi connectivity index (χ0) is 8.10. The van der Waals surface area contributed by atoms with E-state index in [1.807, 2.05) is 0 Å². The van der Waals surface area contributed by atoms with Gasteiger partial charge in [-0.3, -0.25) is 4.57 Å². The largest absolute Gasteiger partial charge is 0.446 e. The van der Waals surface area contributed by atoms with Crippen LogP contribution in [-0.4, -0.2) is 29.0 Å². The Bertz CT molecular complexity index is 218. The Morgan fingerprint density at radius 2 is 2.09 bits per heavy atom. The fourth-order valence-electron chi connectivity index (χ4n) is 0.664. The summed E-state index contributed by atoms with van der Waals surface area (Å²) >= 11 is 0. The van der Waals surface area contributed by atoms with E-state index in [2.05, 4.69) is 4.74 Å². The van der Waals surface area contributed by atoms with Gasteiger partial charge in [-0.05, 0) is 12.1 Å². The van der Waals surface area contributed by atoms with Crippen molar-refractivity contribution in [3.63, 3.8) is 0 Å². The average Bonchev–Trinajstić information content (AvgIpc) is 2.52. The van der Waals surface area contributed by atoms with Gasteiger partial charge in [0, 0.05) is 12.4 Å². The molecule has 0 aliphatic carbocycles. The maximum atomic E-state index is 10.9. The third kappa shape index (κ3) is 2.09. The minimum atomic E-state index is -0.468. The molecule has 0 radical (unpaired) electrons. The highest BCUT2D eigenvalue weighted by molar-refractivity contribution is 5.70. The maximum Gasteiger partial charge on any atom is 0.418 e. The molecule has 0 aromatic carbocycles. The topological polar surface area (TPSA) is 51.5 Å². The van der Waals surface area contributed by atoms with Crippen LogP contribution in [0, 0.1) is 0 Å². The van der Waals surface area contributed by atoms with Crippen LogP contribution in [0.15, 0.2) is 24.5 Å². The summed E-state index contributed by atoms with van der Waals surface area (Å²) in [4.78, 5) is 10.9. The molecule has 1 aromatic heterocycles. The van der Waals surface area contributed by atoms with E-state index in [-0.39, 0.29) is 13.2 Å². The second kappa shape index (κ2) is 3.78. The van der Waals surface area contributed by atoms with E-state index in [1.165, 1.54) is 4.57 Å². The maximum absolute atomic E-state index is 10.9. The molecule has 0 aliphatic heterocycles. The van der Waals surface area contributed by atoms with E-state index in [4.69, 9.17) is 5.11 Å². The fourth-order valence-corrected chi connectivity index (χ4v) is 0.664. The van der Waals surface area contributed by atoms with Crippen LogP contribution in [0.1, 0.15) is 0 Å². The molecule has 11 heavy (non-hydrogen) atoms. The molecule has 1 rings (SSSR count). The molecular weight excluding hydrogens is 146 g/mol. The zero-order valence-electron chi connectivity index (χ0n) is 5.93.